The number of halogens is 2. The third-order valence-electron chi connectivity index (χ3n) is 5.54. The molecule has 164 valence electrons. The van der Waals surface area contributed by atoms with Gasteiger partial charge in [0.05, 0.1) is 15.1 Å². The van der Waals surface area contributed by atoms with E-state index in [0.717, 1.165) is 25.9 Å². The molecule has 3 amide bonds. The van der Waals surface area contributed by atoms with Crippen LogP contribution in [0.4, 0.5) is 5.82 Å². The van der Waals surface area contributed by atoms with Crippen molar-refractivity contribution in [1.29, 1.82) is 0 Å². The Bertz CT molecular complexity index is 1010. The number of anilines is 1. The summed E-state index contributed by atoms with van der Waals surface area (Å²) in [5.74, 6) is -0.109. The molecule has 3 N–H and O–H groups in total. The molecular weight excluding hydrogens is 486 g/mol. The molecule has 0 spiro atoms. The number of nitrogens with zero attached hydrogens (tertiary/aromatic N) is 2. The van der Waals surface area contributed by atoms with E-state index in [1.54, 1.807) is 24.3 Å². The first-order chi connectivity index (χ1) is 14.9. The van der Waals surface area contributed by atoms with Gasteiger partial charge >= 0.3 is 0 Å². The van der Waals surface area contributed by atoms with Crippen molar-refractivity contribution in [3.05, 3.63) is 45.0 Å². The zero-order chi connectivity index (χ0) is 22.0. The number of amides is 3. The molecule has 1 atom stereocenters. The van der Waals surface area contributed by atoms with Gasteiger partial charge in [0.15, 0.2) is 5.69 Å². The molecule has 1 aromatic heterocycles. The molecule has 10 heteroatoms. The Hall–Kier alpha value is -2.39. The number of carbonyl (C=O) groups excluding carboxylic acids is 3. The smallest absolute Gasteiger partial charge is 0.273 e. The first kappa shape index (κ1) is 21.8. The highest BCUT2D eigenvalue weighted by Gasteiger charge is 2.33. The van der Waals surface area contributed by atoms with Crippen LogP contribution in [0, 0.1) is 5.92 Å². The second kappa shape index (κ2) is 9.40. The molecule has 2 fully saturated rings. The van der Waals surface area contributed by atoms with E-state index >= 15 is 0 Å². The maximum absolute atomic E-state index is 12.9. The molecule has 2 heterocycles. The number of hydrogen-bond acceptors (Lipinski definition) is 4. The summed E-state index contributed by atoms with van der Waals surface area (Å²) in [6.45, 7) is 1.52. The van der Waals surface area contributed by atoms with Gasteiger partial charge in [0.1, 0.15) is 11.9 Å². The van der Waals surface area contributed by atoms with Gasteiger partial charge in [0, 0.05) is 13.1 Å². The summed E-state index contributed by atoms with van der Waals surface area (Å²) in [5, 5.41) is 12.5. The van der Waals surface area contributed by atoms with Crippen LogP contribution >= 0.6 is 27.5 Å². The Labute approximate surface area is 193 Å². The molecule has 0 unspecified atom stereocenters. The molecule has 2 aliphatic rings. The normalized spacial score (nSPS) is 19.1. The average molecular weight is 509 g/mol. The van der Waals surface area contributed by atoms with E-state index in [4.69, 9.17) is 11.6 Å². The molecule has 1 saturated heterocycles. The van der Waals surface area contributed by atoms with E-state index in [1.807, 2.05) is 4.90 Å². The zero-order valence-corrected chi connectivity index (χ0v) is 19.1. The monoisotopic (exact) mass is 507 g/mol. The average Bonchev–Trinajstić information content (AvgIpc) is 3.52. The molecular formula is C21H23BrClN5O3. The van der Waals surface area contributed by atoms with Gasteiger partial charge in [-0.15, -0.1) is 0 Å². The van der Waals surface area contributed by atoms with Gasteiger partial charge in [0.2, 0.25) is 5.91 Å². The second-order valence-electron chi connectivity index (χ2n) is 7.94. The largest absolute Gasteiger partial charge is 0.341 e. The van der Waals surface area contributed by atoms with E-state index in [9.17, 15) is 14.4 Å². The number of hydrogen-bond donors (Lipinski definition) is 3. The van der Waals surface area contributed by atoms with Gasteiger partial charge in [-0.1, -0.05) is 23.7 Å². The van der Waals surface area contributed by atoms with Gasteiger partial charge in [-0.3, -0.25) is 19.5 Å². The lowest BCUT2D eigenvalue weighted by Crippen LogP contribution is -2.48. The molecule has 4 rings (SSSR count). The van der Waals surface area contributed by atoms with Crippen LogP contribution in [0.2, 0.25) is 5.02 Å². The number of H-pyrrole nitrogens is 1. The van der Waals surface area contributed by atoms with Crippen LogP contribution in [-0.2, 0) is 4.79 Å². The summed E-state index contributed by atoms with van der Waals surface area (Å²) in [5.41, 5.74) is 0.372. The van der Waals surface area contributed by atoms with Crippen LogP contribution in [0.1, 0.15) is 53.0 Å². The molecule has 2 aromatic rings. The van der Waals surface area contributed by atoms with Crippen molar-refractivity contribution in [3.63, 3.8) is 0 Å². The highest BCUT2D eigenvalue weighted by atomic mass is 79.9. The van der Waals surface area contributed by atoms with Gasteiger partial charge in [0.25, 0.3) is 11.8 Å². The highest BCUT2D eigenvalue weighted by molar-refractivity contribution is 9.10. The molecule has 0 bridgehead atoms. The predicted octanol–water partition coefficient (Wildman–Crippen LogP) is 3.60. The minimum atomic E-state index is -0.571. The Morgan fingerprint density at radius 1 is 1.19 bits per heavy atom. The molecule has 8 nitrogen and oxygen atoms in total. The molecule has 0 radical (unpaired) electrons. The van der Waals surface area contributed by atoms with Crippen LogP contribution in [0.5, 0.6) is 0 Å². The lowest BCUT2D eigenvalue weighted by molar-refractivity contribution is -0.132. The summed E-state index contributed by atoms with van der Waals surface area (Å²) in [6.07, 6.45) is 4.76. The molecule has 1 aliphatic heterocycles. The van der Waals surface area contributed by atoms with Crippen molar-refractivity contribution in [2.75, 3.05) is 18.4 Å². The van der Waals surface area contributed by atoms with Crippen molar-refractivity contribution in [2.24, 2.45) is 5.92 Å². The first-order valence-electron chi connectivity index (χ1n) is 10.3. The van der Waals surface area contributed by atoms with E-state index in [0.29, 0.717) is 27.4 Å². The van der Waals surface area contributed by atoms with Gasteiger partial charge in [-0.2, -0.15) is 5.10 Å². The third-order valence-corrected chi connectivity index (χ3v) is 6.64. The number of nitrogens with one attached hydrogen (secondary N) is 3. The van der Waals surface area contributed by atoms with Crippen molar-refractivity contribution in [2.45, 2.75) is 38.1 Å². The maximum atomic E-state index is 12.9. The Morgan fingerprint density at radius 2 is 1.97 bits per heavy atom. The van der Waals surface area contributed by atoms with E-state index in [1.165, 1.54) is 12.8 Å². The minimum Gasteiger partial charge on any atom is -0.341 e. The van der Waals surface area contributed by atoms with Crippen LogP contribution < -0.4 is 10.6 Å². The van der Waals surface area contributed by atoms with Crippen molar-refractivity contribution < 1.29 is 14.4 Å². The molecule has 31 heavy (non-hydrogen) atoms. The summed E-state index contributed by atoms with van der Waals surface area (Å²) in [4.78, 5) is 40.1. The van der Waals surface area contributed by atoms with Crippen molar-refractivity contribution in [3.8, 4) is 0 Å². The third kappa shape index (κ3) is 5.10. The van der Waals surface area contributed by atoms with Gasteiger partial charge in [-0.25, -0.2) is 0 Å². The number of aromatic amines is 1. The first-order valence-corrected chi connectivity index (χ1v) is 11.5. The maximum Gasteiger partial charge on any atom is 0.273 e. The zero-order valence-electron chi connectivity index (χ0n) is 16.8. The lowest BCUT2D eigenvalue weighted by atomic mass is 10.1. The van der Waals surface area contributed by atoms with Crippen molar-refractivity contribution >= 4 is 51.1 Å². The fraction of sp³-hybridized carbons (Fsp3) is 0.429. The van der Waals surface area contributed by atoms with Crippen molar-refractivity contribution in [1.82, 2.24) is 20.4 Å². The predicted molar refractivity (Wildman–Crippen MR) is 120 cm³/mol. The van der Waals surface area contributed by atoms with E-state index < -0.39 is 17.9 Å². The quantitative estimate of drug-likeness (QED) is 0.554. The van der Waals surface area contributed by atoms with E-state index in [-0.39, 0.29) is 17.4 Å². The van der Waals surface area contributed by atoms with E-state index in [2.05, 4.69) is 36.8 Å². The number of likely N-dealkylation sites (tertiary alicyclic amines) is 1. The minimum absolute atomic E-state index is 0.0309. The molecule has 1 saturated carbocycles. The summed E-state index contributed by atoms with van der Waals surface area (Å²) in [6, 6.07) is 6.08. The second-order valence-corrected chi connectivity index (χ2v) is 9.14. The number of rotatable bonds is 6. The lowest BCUT2D eigenvalue weighted by Gasteiger charge is -2.24. The summed E-state index contributed by atoms with van der Waals surface area (Å²) >= 11 is 9.39. The van der Waals surface area contributed by atoms with Crippen LogP contribution in [0.15, 0.2) is 28.7 Å². The highest BCUT2D eigenvalue weighted by Crippen LogP contribution is 2.31. The fourth-order valence-corrected chi connectivity index (χ4v) is 4.32. The van der Waals surface area contributed by atoms with Gasteiger partial charge < -0.3 is 15.5 Å². The number of aromatic nitrogens is 2. The summed E-state index contributed by atoms with van der Waals surface area (Å²) < 4.78 is 0.307. The Balaban J connectivity index is 1.43. The topological polar surface area (TPSA) is 107 Å². The Morgan fingerprint density at radius 3 is 2.71 bits per heavy atom. The van der Waals surface area contributed by atoms with Gasteiger partial charge in [-0.05, 0) is 66.1 Å². The number of benzene rings is 1. The standard InChI is InChI=1S/C21H23BrClN5O3/c22-16-17(26-27-18(16)25-19(29)13-5-1-2-6-14(13)23)20(30)24-15-7-3-4-10-28(21(15)31)11-12-8-9-12/h1-2,5-6,12,15H,3-4,7-11H2,(H,24,30)(H2,25,26,27,29)/t15-/m1/s1. The summed E-state index contributed by atoms with van der Waals surface area (Å²) in [7, 11) is 0. The Kier molecular flexibility index (Phi) is 6.62. The van der Waals surface area contributed by atoms with Crippen LogP contribution in [0.3, 0.4) is 0 Å². The SMILES string of the molecule is O=C(Nc1[nH]nc(C(=O)N[C@@H]2CCCCN(CC3CC3)C2=O)c1Br)c1ccccc1Cl. The molecule has 1 aliphatic carbocycles. The fourth-order valence-electron chi connectivity index (χ4n) is 3.65. The van der Waals surface area contributed by atoms with Crippen LogP contribution in [0.25, 0.3) is 0 Å². The number of carbonyl (C=O) groups is 3. The van der Waals surface area contributed by atoms with Crippen LogP contribution in [-0.4, -0.2) is 52.0 Å². The molecule has 1 aromatic carbocycles.